The summed E-state index contributed by atoms with van der Waals surface area (Å²) in [6.45, 7) is 8.64. The second-order valence-corrected chi connectivity index (χ2v) is 8.03. The molecule has 5 nitrogen and oxygen atoms in total. The molecule has 0 radical (unpaired) electrons. The lowest BCUT2D eigenvalue weighted by molar-refractivity contribution is -0.145. The third-order valence-electron chi connectivity index (χ3n) is 4.87. The molecule has 1 aromatic carbocycles. The number of ether oxygens (including phenoxy) is 2. The van der Waals surface area contributed by atoms with E-state index in [-0.39, 0.29) is 18.0 Å². The third kappa shape index (κ3) is 5.59. The standard InChI is InChI=1S/C22H31NO4/c1-6-23(20(25)27-21(2,3)4)15-13-18-16-22(18,19(24)26-5)14-12-17-10-8-7-9-11-17/h7-12,14,18H,6,13,15-16H2,1-5H3/b14-12+/t18-,22-/m0/s1. The molecule has 0 aromatic heterocycles. The highest BCUT2D eigenvalue weighted by Crippen LogP contribution is 2.57. The summed E-state index contributed by atoms with van der Waals surface area (Å²) in [7, 11) is 1.43. The highest BCUT2D eigenvalue weighted by Gasteiger charge is 2.58. The Bertz CT molecular complexity index is 677. The van der Waals surface area contributed by atoms with Gasteiger partial charge in [-0.2, -0.15) is 0 Å². The number of hydrogen-bond donors (Lipinski definition) is 0. The van der Waals surface area contributed by atoms with Crippen molar-refractivity contribution in [2.24, 2.45) is 11.3 Å². The molecule has 0 bridgehead atoms. The molecule has 0 spiro atoms. The van der Waals surface area contributed by atoms with E-state index >= 15 is 0 Å². The first-order valence-electron chi connectivity index (χ1n) is 9.52. The molecule has 148 valence electrons. The zero-order valence-electron chi connectivity index (χ0n) is 17.0. The highest BCUT2D eigenvalue weighted by atomic mass is 16.6. The van der Waals surface area contributed by atoms with Crippen molar-refractivity contribution < 1.29 is 19.1 Å². The summed E-state index contributed by atoms with van der Waals surface area (Å²) >= 11 is 0. The summed E-state index contributed by atoms with van der Waals surface area (Å²) < 4.78 is 10.5. The number of nitrogens with zero attached hydrogens (tertiary/aromatic N) is 1. The van der Waals surface area contributed by atoms with E-state index in [1.165, 1.54) is 7.11 Å². The Morgan fingerprint density at radius 3 is 2.48 bits per heavy atom. The van der Waals surface area contributed by atoms with Gasteiger partial charge in [-0.25, -0.2) is 4.79 Å². The van der Waals surface area contributed by atoms with E-state index in [1.54, 1.807) is 4.90 Å². The van der Waals surface area contributed by atoms with Crippen LogP contribution in [0.4, 0.5) is 4.79 Å². The maximum atomic E-state index is 12.4. The number of carbonyl (C=O) groups is 2. The molecule has 1 aromatic rings. The van der Waals surface area contributed by atoms with E-state index < -0.39 is 11.0 Å². The summed E-state index contributed by atoms with van der Waals surface area (Å²) in [6.07, 6.45) is 5.11. The van der Waals surface area contributed by atoms with Gasteiger partial charge in [-0.15, -0.1) is 0 Å². The second kappa shape index (κ2) is 8.59. The van der Waals surface area contributed by atoms with Crippen molar-refractivity contribution in [1.29, 1.82) is 0 Å². The molecular formula is C22H31NO4. The first-order chi connectivity index (χ1) is 12.7. The number of esters is 1. The predicted molar refractivity (Wildman–Crippen MR) is 106 cm³/mol. The van der Waals surface area contributed by atoms with Crippen molar-refractivity contribution >= 4 is 18.1 Å². The Balaban J connectivity index is 2.00. The molecule has 1 aliphatic rings. The minimum Gasteiger partial charge on any atom is -0.468 e. The van der Waals surface area contributed by atoms with Crippen molar-refractivity contribution in [1.82, 2.24) is 4.90 Å². The van der Waals surface area contributed by atoms with Crippen LogP contribution in [-0.4, -0.2) is 42.8 Å². The van der Waals surface area contributed by atoms with E-state index in [0.29, 0.717) is 13.1 Å². The van der Waals surface area contributed by atoms with Gasteiger partial charge < -0.3 is 14.4 Å². The SMILES string of the molecule is CCN(CC[C@H]1C[C@]1(/C=C/c1ccccc1)C(=O)OC)C(=O)OC(C)(C)C. The van der Waals surface area contributed by atoms with Gasteiger partial charge in [-0.1, -0.05) is 42.5 Å². The second-order valence-electron chi connectivity index (χ2n) is 8.03. The van der Waals surface area contributed by atoms with Crippen LogP contribution in [0.15, 0.2) is 36.4 Å². The van der Waals surface area contributed by atoms with E-state index in [0.717, 1.165) is 18.4 Å². The number of amides is 1. The van der Waals surface area contributed by atoms with Gasteiger partial charge >= 0.3 is 12.1 Å². The number of hydrogen-bond acceptors (Lipinski definition) is 4. The summed E-state index contributed by atoms with van der Waals surface area (Å²) in [5.74, 6) is -0.0404. The zero-order chi connectivity index (χ0) is 20.1. The number of rotatable bonds is 7. The topological polar surface area (TPSA) is 55.8 Å². The number of methoxy groups -OCH3 is 1. The van der Waals surface area contributed by atoms with Crippen molar-refractivity contribution in [2.75, 3.05) is 20.2 Å². The van der Waals surface area contributed by atoms with Gasteiger partial charge in [0.1, 0.15) is 5.60 Å². The normalized spacial score (nSPS) is 21.7. The maximum absolute atomic E-state index is 12.4. The van der Waals surface area contributed by atoms with Crippen molar-refractivity contribution in [3.8, 4) is 0 Å². The van der Waals surface area contributed by atoms with E-state index in [9.17, 15) is 9.59 Å². The lowest BCUT2D eigenvalue weighted by Gasteiger charge is -2.26. The van der Waals surface area contributed by atoms with Crippen LogP contribution in [-0.2, 0) is 14.3 Å². The monoisotopic (exact) mass is 373 g/mol. The van der Waals surface area contributed by atoms with Gasteiger partial charge in [0.15, 0.2) is 0 Å². The van der Waals surface area contributed by atoms with Gasteiger partial charge in [0.05, 0.1) is 12.5 Å². The van der Waals surface area contributed by atoms with Crippen LogP contribution in [0.5, 0.6) is 0 Å². The Hall–Kier alpha value is -2.30. The average molecular weight is 373 g/mol. The molecule has 0 unspecified atom stereocenters. The molecule has 0 N–H and O–H groups in total. The van der Waals surface area contributed by atoms with Gasteiger partial charge in [0, 0.05) is 13.1 Å². The highest BCUT2D eigenvalue weighted by molar-refractivity contribution is 5.84. The molecule has 1 fully saturated rings. The van der Waals surface area contributed by atoms with Crippen LogP contribution in [0.3, 0.4) is 0 Å². The number of carbonyl (C=O) groups excluding carboxylic acids is 2. The zero-order valence-corrected chi connectivity index (χ0v) is 17.0. The molecule has 2 rings (SSSR count). The van der Waals surface area contributed by atoms with Crippen LogP contribution >= 0.6 is 0 Å². The lowest BCUT2D eigenvalue weighted by atomic mass is 10.00. The van der Waals surface area contributed by atoms with Gasteiger partial charge in [0.2, 0.25) is 0 Å². The fraction of sp³-hybridized carbons (Fsp3) is 0.545. The van der Waals surface area contributed by atoms with E-state index in [4.69, 9.17) is 9.47 Å². The fourth-order valence-electron chi connectivity index (χ4n) is 3.25. The molecule has 5 heteroatoms. The summed E-state index contributed by atoms with van der Waals surface area (Å²) in [4.78, 5) is 26.4. The number of benzene rings is 1. The molecule has 27 heavy (non-hydrogen) atoms. The molecular weight excluding hydrogens is 342 g/mol. The quantitative estimate of drug-likeness (QED) is 0.659. The Kier molecular flexibility index (Phi) is 6.68. The minimum atomic E-state index is -0.585. The van der Waals surface area contributed by atoms with Crippen LogP contribution < -0.4 is 0 Å². The summed E-state index contributed by atoms with van der Waals surface area (Å²) in [5.41, 5.74) is -0.0497. The van der Waals surface area contributed by atoms with E-state index in [1.807, 2.05) is 70.2 Å². The summed E-state index contributed by atoms with van der Waals surface area (Å²) in [6, 6.07) is 9.90. The van der Waals surface area contributed by atoms with Crippen molar-refractivity contribution in [3.63, 3.8) is 0 Å². The van der Waals surface area contributed by atoms with Gasteiger partial charge in [-0.3, -0.25) is 4.79 Å². The molecule has 0 heterocycles. The summed E-state index contributed by atoms with van der Waals surface area (Å²) in [5, 5.41) is 0. The smallest absolute Gasteiger partial charge is 0.410 e. The van der Waals surface area contributed by atoms with Crippen LogP contribution in [0.2, 0.25) is 0 Å². The first-order valence-corrected chi connectivity index (χ1v) is 9.52. The van der Waals surface area contributed by atoms with Gasteiger partial charge in [0.25, 0.3) is 0 Å². The lowest BCUT2D eigenvalue weighted by Crippen LogP contribution is -2.37. The van der Waals surface area contributed by atoms with E-state index in [2.05, 4.69) is 0 Å². The van der Waals surface area contributed by atoms with Crippen molar-refractivity contribution in [2.45, 2.75) is 46.1 Å². The first kappa shape index (κ1) is 21.0. The Morgan fingerprint density at radius 1 is 1.26 bits per heavy atom. The minimum absolute atomic E-state index is 0.168. The fourth-order valence-corrected chi connectivity index (χ4v) is 3.25. The Labute approximate surface area is 162 Å². The van der Waals surface area contributed by atoms with Gasteiger partial charge in [-0.05, 0) is 52.0 Å². The molecule has 1 aliphatic carbocycles. The maximum Gasteiger partial charge on any atom is 0.410 e. The Morgan fingerprint density at radius 2 is 1.93 bits per heavy atom. The predicted octanol–water partition coefficient (Wildman–Crippen LogP) is 4.53. The molecule has 0 aliphatic heterocycles. The molecule has 1 saturated carbocycles. The third-order valence-corrected chi connectivity index (χ3v) is 4.87. The average Bonchev–Trinajstić information content (AvgIpc) is 3.33. The van der Waals surface area contributed by atoms with Crippen molar-refractivity contribution in [3.05, 3.63) is 42.0 Å². The van der Waals surface area contributed by atoms with Crippen LogP contribution in [0.25, 0.3) is 6.08 Å². The molecule has 1 amide bonds. The molecule has 2 atom stereocenters. The van der Waals surface area contributed by atoms with Crippen LogP contribution in [0, 0.1) is 11.3 Å². The van der Waals surface area contributed by atoms with Crippen LogP contribution in [0.1, 0.15) is 46.1 Å². The largest absolute Gasteiger partial charge is 0.468 e. The molecule has 0 saturated heterocycles.